The van der Waals surface area contributed by atoms with E-state index in [4.69, 9.17) is 0 Å². The van der Waals surface area contributed by atoms with Crippen molar-refractivity contribution < 1.29 is 0 Å². The van der Waals surface area contributed by atoms with Gasteiger partial charge in [-0.25, -0.2) is 0 Å². The number of aromatic amines is 2. The van der Waals surface area contributed by atoms with Crippen LogP contribution in [0.25, 0.3) is 22.2 Å². The van der Waals surface area contributed by atoms with E-state index < -0.39 is 0 Å². The fourth-order valence-electron chi connectivity index (χ4n) is 2.02. The summed E-state index contributed by atoms with van der Waals surface area (Å²) >= 11 is 0. The molecule has 0 aliphatic heterocycles. The second-order valence-electron chi connectivity index (χ2n) is 4.80. The molecule has 2 heterocycles. The molecule has 0 aliphatic rings. The molecule has 0 spiro atoms. The summed E-state index contributed by atoms with van der Waals surface area (Å²) in [4.78, 5) is 19.4. The molecule has 0 aliphatic carbocycles. The Morgan fingerprint density at radius 2 is 2.05 bits per heavy atom. The van der Waals surface area contributed by atoms with Gasteiger partial charge in [-0.05, 0) is 18.2 Å². The molecule has 0 fully saturated rings. The lowest BCUT2D eigenvalue weighted by molar-refractivity contribution is 0.776. The third-order valence-corrected chi connectivity index (χ3v) is 3.08. The topological polar surface area (TPSA) is 74.4 Å². The van der Waals surface area contributed by atoms with Crippen LogP contribution in [0.1, 0.15) is 25.6 Å². The van der Waals surface area contributed by atoms with E-state index in [-0.39, 0.29) is 11.5 Å². The van der Waals surface area contributed by atoms with Crippen LogP contribution in [0.2, 0.25) is 0 Å². The van der Waals surface area contributed by atoms with Gasteiger partial charge in [0.25, 0.3) is 5.56 Å². The van der Waals surface area contributed by atoms with Crippen molar-refractivity contribution in [1.82, 2.24) is 20.2 Å². The van der Waals surface area contributed by atoms with Crippen LogP contribution in [0.4, 0.5) is 0 Å². The summed E-state index contributed by atoms with van der Waals surface area (Å²) in [5.41, 5.74) is 2.32. The maximum atomic E-state index is 12.1. The molecule has 2 aromatic heterocycles. The number of rotatable bonds is 2. The zero-order valence-corrected chi connectivity index (χ0v) is 10.8. The van der Waals surface area contributed by atoms with E-state index in [0.29, 0.717) is 11.2 Å². The molecule has 0 atom stereocenters. The molecule has 3 aromatic rings. The molecule has 0 saturated heterocycles. The van der Waals surface area contributed by atoms with Crippen molar-refractivity contribution in [2.45, 2.75) is 19.8 Å². The molecule has 3 rings (SSSR count). The third-order valence-electron chi connectivity index (χ3n) is 3.08. The smallest absolute Gasteiger partial charge is 0.280 e. The molecule has 5 heteroatoms. The van der Waals surface area contributed by atoms with Crippen LogP contribution < -0.4 is 5.56 Å². The molecular weight excluding hydrogens is 240 g/mol. The van der Waals surface area contributed by atoms with Gasteiger partial charge in [0, 0.05) is 17.7 Å². The van der Waals surface area contributed by atoms with Crippen LogP contribution in [0, 0.1) is 0 Å². The lowest BCUT2D eigenvalue weighted by atomic mass is 10.1. The fraction of sp³-hybridized carbons (Fsp3) is 0.214. The van der Waals surface area contributed by atoms with Crippen molar-refractivity contribution in [2.24, 2.45) is 0 Å². The number of hydrogen-bond donors (Lipinski definition) is 2. The van der Waals surface area contributed by atoms with Crippen LogP contribution in [-0.4, -0.2) is 20.2 Å². The highest BCUT2D eigenvalue weighted by Gasteiger charge is 2.08. The molecule has 1 aromatic carbocycles. The predicted octanol–water partition coefficient (Wildman–Crippen LogP) is 2.44. The molecular formula is C14H14N4O. The maximum Gasteiger partial charge on any atom is 0.280 e. The van der Waals surface area contributed by atoms with E-state index in [0.717, 1.165) is 16.8 Å². The summed E-state index contributed by atoms with van der Waals surface area (Å²) in [5, 5.41) is 7.46. The van der Waals surface area contributed by atoms with E-state index in [1.165, 1.54) is 0 Å². The van der Waals surface area contributed by atoms with Gasteiger partial charge in [-0.1, -0.05) is 19.9 Å². The van der Waals surface area contributed by atoms with Crippen molar-refractivity contribution in [1.29, 1.82) is 0 Å². The first kappa shape index (κ1) is 11.6. The van der Waals surface area contributed by atoms with Gasteiger partial charge in [-0.3, -0.25) is 9.89 Å². The number of nitrogens with one attached hydrogen (secondary N) is 2. The standard InChI is InChI=1S/C14H14N4O/c1-8(2)13-16-12-4-3-9(11-5-6-15-18-11)7-10(12)14(19)17-13/h3-8H,1-2H3,(H,15,18)(H,16,17,19). The average molecular weight is 254 g/mol. The Kier molecular flexibility index (Phi) is 2.67. The van der Waals surface area contributed by atoms with Crippen molar-refractivity contribution in [2.75, 3.05) is 0 Å². The summed E-state index contributed by atoms with van der Waals surface area (Å²) in [5.74, 6) is 0.910. The predicted molar refractivity (Wildman–Crippen MR) is 74.0 cm³/mol. The van der Waals surface area contributed by atoms with Crippen LogP contribution >= 0.6 is 0 Å². The lowest BCUT2D eigenvalue weighted by Gasteiger charge is -2.06. The summed E-state index contributed by atoms with van der Waals surface area (Å²) in [6, 6.07) is 7.53. The molecule has 19 heavy (non-hydrogen) atoms. The van der Waals surface area contributed by atoms with Crippen molar-refractivity contribution in [3.63, 3.8) is 0 Å². The molecule has 5 nitrogen and oxygen atoms in total. The maximum absolute atomic E-state index is 12.1. The number of H-pyrrole nitrogens is 2. The van der Waals surface area contributed by atoms with Gasteiger partial charge < -0.3 is 4.98 Å². The van der Waals surface area contributed by atoms with Crippen LogP contribution in [0.5, 0.6) is 0 Å². The Balaban J connectivity index is 2.22. The fourth-order valence-corrected chi connectivity index (χ4v) is 2.02. The normalized spacial score (nSPS) is 11.3. The third kappa shape index (κ3) is 2.03. The van der Waals surface area contributed by atoms with Crippen LogP contribution in [-0.2, 0) is 0 Å². The van der Waals surface area contributed by atoms with Gasteiger partial charge >= 0.3 is 0 Å². The van der Waals surface area contributed by atoms with Crippen LogP contribution in [0.15, 0.2) is 35.3 Å². The molecule has 0 amide bonds. The average Bonchev–Trinajstić information content (AvgIpc) is 2.92. The van der Waals surface area contributed by atoms with Gasteiger partial charge in [-0.15, -0.1) is 0 Å². The minimum absolute atomic E-state index is 0.197. The van der Waals surface area contributed by atoms with Gasteiger partial charge in [-0.2, -0.15) is 10.1 Å². The van der Waals surface area contributed by atoms with E-state index in [2.05, 4.69) is 20.2 Å². The monoisotopic (exact) mass is 254 g/mol. The van der Waals surface area contributed by atoms with E-state index in [1.807, 2.05) is 38.1 Å². The first-order chi connectivity index (χ1) is 9.15. The molecule has 0 radical (unpaired) electrons. The number of aromatic nitrogens is 4. The highest BCUT2D eigenvalue weighted by molar-refractivity contribution is 5.83. The quantitative estimate of drug-likeness (QED) is 0.737. The van der Waals surface area contributed by atoms with Gasteiger partial charge in [0.2, 0.25) is 0 Å². The summed E-state index contributed by atoms with van der Waals surface area (Å²) in [6.45, 7) is 4.00. The number of hydrogen-bond acceptors (Lipinski definition) is 3. The molecule has 0 bridgehead atoms. The van der Waals surface area contributed by atoms with E-state index >= 15 is 0 Å². The zero-order chi connectivity index (χ0) is 13.4. The van der Waals surface area contributed by atoms with Gasteiger partial charge in [0.1, 0.15) is 5.82 Å². The van der Waals surface area contributed by atoms with E-state index in [1.54, 1.807) is 6.20 Å². The second-order valence-corrected chi connectivity index (χ2v) is 4.80. The Hall–Kier alpha value is -2.43. The number of fused-ring (bicyclic) bond motifs is 1. The lowest BCUT2D eigenvalue weighted by Crippen LogP contribution is -2.12. The summed E-state index contributed by atoms with van der Waals surface area (Å²) in [7, 11) is 0. The highest BCUT2D eigenvalue weighted by Crippen LogP contribution is 2.20. The first-order valence-electron chi connectivity index (χ1n) is 6.19. The van der Waals surface area contributed by atoms with Crippen molar-refractivity contribution >= 4 is 10.9 Å². The highest BCUT2D eigenvalue weighted by atomic mass is 16.1. The first-order valence-corrected chi connectivity index (χ1v) is 6.19. The molecule has 0 saturated carbocycles. The minimum atomic E-state index is -0.199. The minimum Gasteiger partial charge on any atom is -0.343 e. The van der Waals surface area contributed by atoms with Gasteiger partial charge in [0.15, 0.2) is 0 Å². The summed E-state index contributed by atoms with van der Waals surface area (Å²) < 4.78 is 0. The largest absolute Gasteiger partial charge is 0.343 e. The van der Waals surface area contributed by atoms with Gasteiger partial charge in [0.05, 0.1) is 16.6 Å². The summed E-state index contributed by atoms with van der Waals surface area (Å²) in [6.07, 6.45) is 1.75. The Labute approximate surface area is 109 Å². The van der Waals surface area contributed by atoms with Crippen LogP contribution in [0.3, 0.4) is 0 Å². The second kappa shape index (κ2) is 4.35. The SMILES string of the molecule is CC(C)c1nc(=O)c2cc(-c3cc[nH]n3)ccc2[nH]1. The Morgan fingerprint density at radius 3 is 2.74 bits per heavy atom. The Morgan fingerprint density at radius 1 is 1.21 bits per heavy atom. The van der Waals surface area contributed by atoms with Crippen molar-refractivity contribution in [3.05, 3.63) is 46.6 Å². The molecule has 2 N–H and O–H groups in total. The molecule has 96 valence electrons. The van der Waals surface area contributed by atoms with Crippen molar-refractivity contribution in [3.8, 4) is 11.3 Å². The Bertz CT molecular complexity index is 772. The van der Waals surface area contributed by atoms with E-state index in [9.17, 15) is 4.79 Å². The zero-order valence-electron chi connectivity index (χ0n) is 10.8. The molecule has 0 unspecified atom stereocenters. The number of nitrogens with zero attached hydrogens (tertiary/aromatic N) is 2. The number of benzene rings is 1.